The first-order valence-electron chi connectivity index (χ1n) is 11.7. The molecule has 0 spiro atoms. The van der Waals surface area contributed by atoms with Gasteiger partial charge in [0.2, 0.25) is 5.91 Å². The molecule has 2 fully saturated rings. The Morgan fingerprint density at radius 3 is 2.47 bits per heavy atom. The molecule has 6 nitrogen and oxygen atoms in total. The van der Waals surface area contributed by atoms with Gasteiger partial charge in [-0.1, -0.05) is 17.7 Å². The Morgan fingerprint density at radius 2 is 1.76 bits per heavy atom. The standard InChI is InChI=1S/C26H31ClFN3O3/c1-29-12-14-30(15-13-29)24(32)17-26(19-34-23-8-6-22(28)7-9-23)10-3-11-31(18-26)25(33)20-4-2-5-21(27)16-20/h2,4-9,16H,3,10-15,17-19H2,1H3/t26-/m1/s1. The topological polar surface area (TPSA) is 53.1 Å². The first-order chi connectivity index (χ1) is 16.3. The molecule has 1 atom stereocenters. The van der Waals surface area contributed by atoms with E-state index in [1.807, 2.05) is 4.90 Å². The third-order valence-electron chi connectivity index (χ3n) is 6.76. The zero-order valence-electron chi connectivity index (χ0n) is 19.5. The van der Waals surface area contributed by atoms with Crippen LogP contribution in [0.25, 0.3) is 0 Å². The number of benzene rings is 2. The molecule has 0 aliphatic carbocycles. The molecule has 0 radical (unpaired) electrons. The molecule has 2 aromatic rings. The second-order valence-electron chi connectivity index (χ2n) is 9.44. The smallest absolute Gasteiger partial charge is 0.253 e. The van der Waals surface area contributed by atoms with Gasteiger partial charge in [-0.15, -0.1) is 0 Å². The lowest BCUT2D eigenvalue weighted by Crippen LogP contribution is -2.53. The highest BCUT2D eigenvalue weighted by Crippen LogP contribution is 2.36. The number of nitrogens with zero attached hydrogens (tertiary/aromatic N) is 3. The van der Waals surface area contributed by atoms with E-state index in [1.165, 1.54) is 12.1 Å². The quantitative estimate of drug-likeness (QED) is 0.619. The van der Waals surface area contributed by atoms with Crippen LogP contribution in [0.4, 0.5) is 4.39 Å². The maximum absolute atomic E-state index is 13.3. The first-order valence-corrected chi connectivity index (χ1v) is 12.1. The van der Waals surface area contributed by atoms with Crippen LogP contribution in [0.3, 0.4) is 0 Å². The van der Waals surface area contributed by atoms with Crippen LogP contribution in [-0.2, 0) is 4.79 Å². The van der Waals surface area contributed by atoms with Crippen molar-refractivity contribution in [1.82, 2.24) is 14.7 Å². The highest BCUT2D eigenvalue weighted by molar-refractivity contribution is 6.30. The summed E-state index contributed by atoms with van der Waals surface area (Å²) < 4.78 is 19.4. The molecule has 2 aliphatic rings. The summed E-state index contributed by atoms with van der Waals surface area (Å²) in [7, 11) is 2.06. The Kier molecular flexibility index (Phi) is 7.73. The predicted octanol–water partition coefficient (Wildman–Crippen LogP) is 3.94. The molecule has 2 amide bonds. The SMILES string of the molecule is CN1CCN(C(=O)C[C@]2(COc3ccc(F)cc3)CCCN(C(=O)c3cccc(Cl)c3)C2)CC1. The minimum Gasteiger partial charge on any atom is -0.493 e. The summed E-state index contributed by atoms with van der Waals surface area (Å²) in [5.41, 5.74) is 0.00884. The number of hydrogen-bond donors (Lipinski definition) is 0. The van der Waals surface area contributed by atoms with E-state index in [1.54, 1.807) is 41.3 Å². The number of carbonyl (C=O) groups excluding carboxylic acids is 2. The van der Waals surface area contributed by atoms with Gasteiger partial charge in [0.1, 0.15) is 11.6 Å². The highest BCUT2D eigenvalue weighted by atomic mass is 35.5. The number of likely N-dealkylation sites (tertiary alicyclic amines) is 1. The summed E-state index contributed by atoms with van der Waals surface area (Å²) in [4.78, 5) is 32.5. The molecule has 182 valence electrons. The van der Waals surface area contributed by atoms with Gasteiger partial charge in [-0.25, -0.2) is 4.39 Å². The minimum absolute atomic E-state index is 0.0906. The van der Waals surface area contributed by atoms with Gasteiger partial charge in [0.05, 0.1) is 6.61 Å². The molecule has 2 aromatic carbocycles. The highest BCUT2D eigenvalue weighted by Gasteiger charge is 2.41. The number of halogens is 2. The van der Waals surface area contributed by atoms with Crippen LogP contribution >= 0.6 is 11.6 Å². The van der Waals surface area contributed by atoms with E-state index in [-0.39, 0.29) is 24.2 Å². The van der Waals surface area contributed by atoms with Crippen molar-refractivity contribution in [2.75, 3.05) is 52.9 Å². The second-order valence-corrected chi connectivity index (χ2v) is 9.88. The maximum Gasteiger partial charge on any atom is 0.253 e. The molecule has 0 unspecified atom stereocenters. The van der Waals surface area contributed by atoms with Crippen molar-refractivity contribution in [3.8, 4) is 5.75 Å². The predicted molar refractivity (Wildman–Crippen MR) is 130 cm³/mol. The van der Waals surface area contributed by atoms with Crippen LogP contribution < -0.4 is 4.74 Å². The van der Waals surface area contributed by atoms with E-state index in [4.69, 9.17) is 16.3 Å². The fourth-order valence-corrected chi connectivity index (χ4v) is 4.94. The minimum atomic E-state index is -0.526. The van der Waals surface area contributed by atoms with Crippen molar-refractivity contribution in [2.24, 2.45) is 5.41 Å². The Morgan fingerprint density at radius 1 is 1.03 bits per heavy atom. The monoisotopic (exact) mass is 487 g/mol. The molecule has 0 bridgehead atoms. The van der Waals surface area contributed by atoms with Crippen LogP contribution in [-0.4, -0.2) is 79.4 Å². The van der Waals surface area contributed by atoms with Crippen LogP contribution in [0, 0.1) is 11.2 Å². The molecule has 34 heavy (non-hydrogen) atoms. The number of amides is 2. The van der Waals surface area contributed by atoms with E-state index in [9.17, 15) is 14.0 Å². The van der Waals surface area contributed by atoms with E-state index in [2.05, 4.69) is 11.9 Å². The largest absolute Gasteiger partial charge is 0.493 e. The van der Waals surface area contributed by atoms with Gasteiger partial charge in [-0.2, -0.15) is 0 Å². The Labute approximate surface area is 205 Å². The Balaban J connectivity index is 1.52. The summed E-state index contributed by atoms with van der Waals surface area (Å²) in [6.45, 7) is 4.42. The number of rotatable bonds is 6. The van der Waals surface area contributed by atoms with Crippen LogP contribution in [0.15, 0.2) is 48.5 Å². The average Bonchev–Trinajstić information content (AvgIpc) is 2.84. The van der Waals surface area contributed by atoms with Gasteiger partial charge in [-0.3, -0.25) is 9.59 Å². The molecule has 2 saturated heterocycles. The zero-order valence-corrected chi connectivity index (χ0v) is 20.3. The summed E-state index contributed by atoms with van der Waals surface area (Å²) in [5.74, 6) is 0.211. The van der Waals surface area contributed by atoms with Gasteiger partial charge < -0.3 is 19.4 Å². The fourth-order valence-electron chi connectivity index (χ4n) is 4.75. The van der Waals surface area contributed by atoms with Crippen molar-refractivity contribution in [2.45, 2.75) is 19.3 Å². The number of carbonyl (C=O) groups is 2. The van der Waals surface area contributed by atoms with Crippen molar-refractivity contribution in [3.05, 3.63) is 64.9 Å². The fraction of sp³-hybridized carbons (Fsp3) is 0.462. The molecule has 8 heteroatoms. The normalized spacial score (nSPS) is 21.4. The van der Waals surface area contributed by atoms with Crippen molar-refractivity contribution < 1.29 is 18.7 Å². The van der Waals surface area contributed by atoms with Crippen LogP contribution in [0.2, 0.25) is 5.02 Å². The summed E-state index contributed by atoms with van der Waals surface area (Å²) >= 11 is 6.11. The number of hydrogen-bond acceptors (Lipinski definition) is 4. The zero-order chi connectivity index (χ0) is 24.1. The molecular weight excluding hydrogens is 457 g/mol. The lowest BCUT2D eigenvalue weighted by molar-refractivity contribution is -0.137. The number of ether oxygens (including phenoxy) is 1. The third-order valence-corrected chi connectivity index (χ3v) is 7.00. The van der Waals surface area contributed by atoms with Crippen molar-refractivity contribution >= 4 is 23.4 Å². The van der Waals surface area contributed by atoms with E-state index >= 15 is 0 Å². The van der Waals surface area contributed by atoms with Gasteiger partial charge in [0, 0.05) is 61.7 Å². The third kappa shape index (κ3) is 6.07. The second kappa shape index (κ2) is 10.7. The average molecular weight is 488 g/mol. The van der Waals surface area contributed by atoms with E-state index < -0.39 is 5.41 Å². The Hall–Kier alpha value is -2.64. The lowest BCUT2D eigenvalue weighted by atomic mass is 9.77. The molecule has 2 aliphatic heterocycles. The number of piperidine rings is 1. The molecule has 0 N–H and O–H groups in total. The van der Waals surface area contributed by atoms with Gasteiger partial charge in [0.15, 0.2) is 0 Å². The summed E-state index contributed by atoms with van der Waals surface area (Å²) in [5, 5.41) is 0.513. The van der Waals surface area contributed by atoms with Crippen LogP contribution in [0.5, 0.6) is 5.75 Å². The van der Waals surface area contributed by atoms with Crippen LogP contribution in [0.1, 0.15) is 29.6 Å². The molecular formula is C26H31ClFN3O3. The number of likely N-dealkylation sites (N-methyl/N-ethyl adjacent to an activating group) is 1. The molecule has 0 aromatic heterocycles. The maximum atomic E-state index is 13.3. The van der Waals surface area contributed by atoms with E-state index in [0.717, 1.165) is 25.9 Å². The van der Waals surface area contributed by atoms with Gasteiger partial charge in [0.25, 0.3) is 5.91 Å². The van der Waals surface area contributed by atoms with Crippen molar-refractivity contribution in [3.63, 3.8) is 0 Å². The van der Waals surface area contributed by atoms with E-state index in [0.29, 0.717) is 48.9 Å². The van der Waals surface area contributed by atoms with Crippen molar-refractivity contribution in [1.29, 1.82) is 0 Å². The summed E-state index contributed by atoms with van der Waals surface area (Å²) in [6, 6.07) is 12.8. The Bertz CT molecular complexity index is 1010. The lowest BCUT2D eigenvalue weighted by Gasteiger charge is -2.43. The van der Waals surface area contributed by atoms with Gasteiger partial charge >= 0.3 is 0 Å². The van der Waals surface area contributed by atoms with Gasteiger partial charge in [-0.05, 0) is 62.4 Å². The molecule has 0 saturated carbocycles. The number of piperazine rings is 1. The summed E-state index contributed by atoms with van der Waals surface area (Å²) in [6.07, 6.45) is 1.85. The first kappa shape index (κ1) is 24.5. The molecule has 4 rings (SSSR count). The molecule has 2 heterocycles.